The minimum Gasteiger partial charge on any atom is -0.383 e. The maximum absolute atomic E-state index is 13.7. The maximum Gasteiger partial charge on any atom is 0.237 e. The second kappa shape index (κ2) is 11.7. The number of Topliss-reactive ketones (excluding diaryl/α,β-unsaturated/α-hetero) is 1. The van der Waals surface area contributed by atoms with Crippen LogP contribution in [-0.2, 0) is 22.4 Å². The molecule has 34 heavy (non-hydrogen) atoms. The van der Waals surface area contributed by atoms with Crippen LogP contribution in [0.5, 0.6) is 0 Å². The SMILES string of the molecule is C.C[C@@H](C(=O)N[C@@H](Cc1ccc(F)c(F)c1)C(=O)CCc1ccc2c(N)nccc2c1)N(C)C. The van der Waals surface area contributed by atoms with E-state index in [0.717, 1.165) is 28.5 Å². The first-order chi connectivity index (χ1) is 15.7. The number of amides is 1. The number of nitrogens with one attached hydrogen (secondary N) is 1. The molecule has 0 saturated heterocycles. The zero-order valence-corrected chi connectivity index (χ0v) is 18.9. The number of aromatic nitrogens is 1. The molecule has 0 aliphatic carbocycles. The highest BCUT2D eigenvalue weighted by atomic mass is 19.2. The van der Waals surface area contributed by atoms with Crippen LogP contribution in [0.25, 0.3) is 10.8 Å². The molecule has 0 bridgehead atoms. The van der Waals surface area contributed by atoms with E-state index in [1.54, 1.807) is 32.1 Å². The number of carbonyl (C=O) groups is 2. The molecule has 3 aromatic rings. The van der Waals surface area contributed by atoms with E-state index < -0.39 is 23.7 Å². The van der Waals surface area contributed by atoms with Gasteiger partial charge in [-0.05, 0) is 68.6 Å². The van der Waals surface area contributed by atoms with E-state index in [0.29, 0.717) is 17.8 Å². The molecule has 2 atom stereocenters. The first kappa shape index (κ1) is 26.9. The number of halogens is 2. The smallest absolute Gasteiger partial charge is 0.237 e. The van der Waals surface area contributed by atoms with Crippen molar-refractivity contribution >= 4 is 28.3 Å². The number of carbonyl (C=O) groups excluding carboxylic acids is 2. The Labute approximate surface area is 199 Å². The summed E-state index contributed by atoms with van der Waals surface area (Å²) in [5.74, 6) is -2.00. The Balaban J connectivity index is 0.00000408. The van der Waals surface area contributed by atoms with Crippen molar-refractivity contribution in [2.45, 2.75) is 45.7 Å². The van der Waals surface area contributed by atoms with E-state index in [9.17, 15) is 18.4 Å². The highest BCUT2D eigenvalue weighted by molar-refractivity contribution is 5.92. The Morgan fingerprint density at radius 2 is 1.76 bits per heavy atom. The lowest BCUT2D eigenvalue weighted by Crippen LogP contribution is -2.49. The molecule has 0 aliphatic rings. The molecule has 0 aliphatic heterocycles. The second-order valence-corrected chi connectivity index (χ2v) is 8.37. The lowest BCUT2D eigenvalue weighted by Gasteiger charge is -2.24. The average Bonchev–Trinajstić information content (AvgIpc) is 2.78. The third-order valence-corrected chi connectivity index (χ3v) is 5.80. The van der Waals surface area contributed by atoms with E-state index in [4.69, 9.17) is 5.73 Å². The van der Waals surface area contributed by atoms with Gasteiger partial charge in [-0.25, -0.2) is 13.8 Å². The van der Waals surface area contributed by atoms with Gasteiger partial charge in [-0.2, -0.15) is 0 Å². The molecule has 182 valence electrons. The first-order valence-electron chi connectivity index (χ1n) is 10.7. The molecular weight excluding hydrogens is 438 g/mol. The van der Waals surface area contributed by atoms with Crippen LogP contribution in [0.1, 0.15) is 31.9 Å². The van der Waals surface area contributed by atoms with Crippen molar-refractivity contribution in [1.29, 1.82) is 0 Å². The fourth-order valence-electron chi connectivity index (χ4n) is 3.52. The van der Waals surface area contributed by atoms with Gasteiger partial charge in [0.1, 0.15) is 5.82 Å². The van der Waals surface area contributed by atoms with Crippen molar-refractivity contribution < 1.29 is 18.4 Å². The normalized spacial score (nSPS) is 12.8. The van der Waals surface area contributed by atoms with Crippen LogP contribution < -0.4 is 11.1 Å². The van der Waals surface area contributed by atoms with E-state index in [1.807, 2.05) is 24.3 Å². The summed E-state index contributed by atoms with van der Waals surface area (Å²) in [7, 11) is 3.52. The Morgan fingerprint density at radius 1 is 1.06 bits per heavy atom. The van der Waals surface area contributed by atoms with Crippen molar-refractivity contribution in [3.8, 4) is 0 Å². The monoisotopic (exact) mass is 470 g/mol. The fraction of sp³-hybridized carbons (Fsp3) is 0.346. The van der Waals surface area contributed by atoms with Gasteiger partial charge in [-0.1, -0.05) is 31.7 Å². The zero-order chi connectivity index (χ0) is 24.1. The fourth-order valence-corrected chi connectivity index (χ4v) is 3.52. The Hall–Kier alpha value is -3.39. The quantitative estimate of drug-likeness (QED) is 0.495. The molecule has 8 heteroatoms. The van der Waals surface area contributed by atoms with Crippen LogP contribution in [0.2, 0.25) is 0 Å². The minimum atomic E-state index is -0.989. The molecule has 0 saturated carbocycles. The molecular formula is C26H32F2N4O2. The van der Waals surface area contributed by atoms with Gasteiger partial charge < -0.3 is 11.1 Å². The van der Waals surface area contributed by atoms with Gasteiger partial charge in [0.15, 0.2) is 17.4 Å². The highest BCUT2D eigenvalue weighted by Gasteiger charge is 2.25. The van der Waals surface area contributed by atoms with Gasteiger partial charge in [0.2, 0.25) is 5.91 Å². The molecule has 1 heterocycles. The summed E-state index contributed by atoms with van der Waals surface area (Å²) in [6.07, 6.45) is 2.34. The standard InChI is InChI=1S/C25H28F2N4O2.CH4/c1-15(31(2)3)25(33)30-22(14-17-5-8-20(26)21(27)13-17)23(32)9-6-16-4-7-19-18(12-16)10-11-29-24(19)28;/h4-5,7-8,10-13,15,22H,6,9,14H2,1-3H3,(H2,28,29)(H,30,33);1H4/t15-,22-;/m0./s1. The molecule has 0 radical (unpaired) electrons. The number of nitrogen functional groups attached to an aromatic ring is 1. The molecule has 3 rings (SSSR count). The highest BCUT2D eigenvalue weighted by Crippen LogP contribution is 2.21. The van der Waals surface area contributed by atoms with Gasteiger partial charge in [0, 0.05) is 18.0 Å². The third kappa shape index (κ3) is 6.57. The summed E-state index contributed by atoms with van der Waals surface area (Å²) in [6, 6.07) is 9.76. The lowest BCUT2D eigenvalue weighted by atomic mass is 9.96. The van der Waals surface area contributed by atoms with Crippen molar-refractivity contribution in [3.05, 3.63) is 71.4 Å². The van der Waals surface area contributed by atoms with Crippen LogP contribution in [0.15, 0.2) is 48.7 Å². The van der Waals surface area contributed by atoms with E-state index >= 15 is 0 Å². The van der Waals surface area contributed by atoms with Crippen LogP contribution in [0, 0.1) is 11.6 Å². The van der Waals surface area contributed by atoms with Crippen LogP contribution >= 0.6 is 0 Å². The van der Waals surface area contributed by atoms with Gasteiger partial charge in [0.05, 0.1) is 12.1 Å². The van der Waals surface area contributed by atoms with Crippen molar-refractivity contribution in [2.24, 2.45) is 0 Å². The second-order valence-electron chi connectivity index (χ2n) is 8.37. The number of benzene rings is 2. The predicted molar refractivity (Wildman–Crippen MR) is 131 cm³/mol. The third-order valence-electron chi connectivity index (χ3n) is 5.80. The number of hydrogen-bond acceptors (Lipinski definition) is 5. The Kier molecular flexibility index (Phi) is 9.20. The summed E-state index contributed by atoms with van der Waals surface area (Å²) in [6.45, 7) is 1.73. The lowest BCUT2D eigenvalue weighted by molar-refractivity contribution is -0.130. The number of nitrogens with zero attached hydrogens (tertiary/aromatic N) is 2. The number of aryl methyl sites for hydroxylation is 1. The number of hydrogen-bond donors (Lipinski definition) is 2. The van der Waals surface area contributed by atoms with Crippen LogP contribution in [-0.4, -0.2) is 47.8 Å². The van der Waals surface area contributed by atoms with E-state index in [2.05, 4.69) is 10.3 Å². The molecule has 1 amide bonds. The van der Waals surface area contributed by atoms with Crippen LogP contribution in [0.3, 0.4) is 0 Å². The summed E-state index contributed by atoms with van der Waals surface area (Å²) in [4.78, 5) is 31.5. The van der Waals surface area contributed by atoms with Gasteiger partial charge in [-0.15, -0.1) is 0 Å². The van der Waals surface area contributed by atoms with Crippen molar-refractivity contribution in [2.75, 3.05) is 19.8 Å². The number of nitrogens with two attached hydrogens (primary N) is 1. The molecule has 1 aromatic heterocycles. The molecule has 0 unspecified atom stereocenters. The summed E-state index contributed by atoms with van der Waals surface area (Å²) < 4.78 is 27.0. The summed E-state index contributed by atoms with van der Waals surface area (Å²) in [5.41, 5.74) is 7.27. The molecule has 3 N–H and O–H groups in total. The number of anilines is 1. The van der Waals surface area contributed by atoms with Crippen molar-refractivity contribution in [3.63, 3.8) is 0 Å². The largest absolute Gasteiger partial charge is 0.383 e. The van der Waals surface area contributed by atoms with Crippen LogP contribution in [0.4, 0.5) is 14.6 Å². The number of rotatable bonds is 9. The number of fused-ring (bicyclic) bond motifs is 1. The van der Waals surface area contributed by atoms with Gasteiger partial charge >= 0.3 is 0 Å². The average molecular weight is 471 g/mol. The summed E-state index contributed by atoms with van der Waals surface area (Å²) in [5, 5.41) is 4.55. The van der Waals surface area contributed by atoms with Crippen molar-refractivity contribution in [1.82, 2.24) is 15.2 Å². The van der Waals surface area contributed by atoms with Gasteiger partial charge in [0.25, 0.3) is 0 Å². The number of pyridine rings is 1. The number of likely N-dealkylation sites (N-methyl/N-ethyl adjacent to an activating group) is 1. The minimum absolute atomic E-state index is 0. The molecule has 0 spiro atoms. The maximum atomic E-state index is 13.7. The van der Waals surface area contributed by atoms with Gasteiger partial charge in [-0.3, -0.25) is 14.5 Å². The number of ketones is 1. The zero-order valence-electron chi connectivity index (χ0n) is 18.9. The topological polar surface area (TPSA) is 88.3 Å². The summed E-state index contributed by atoms with van der Waals surface area (Å²) >= 11 is 0. The predicted octanol–water partition coefficient (Wildman–Crippen LogP) is 3.91. The Bertz CT molecular complexity index is 1170. The molecule has 0 fully saturated rings. The first-order valence-corrected chi connectivity index (χ1v) is 10.7. The molecule has 6 nitrogen and oxygen atoms in total. The molecule has 2 aromatic carbocycles. The van der Waals surface area contributed by atoms with E-state index in [-0.39, 0.29) is 32.0 Å². The Morgan fingerprint density at radius 3 is 2.44 bits per heavy atom. The van der Waals surface area contributed by atoms with E-state index in [1.165, 1.54) is 6.07 Å².